The molecule has 0 saturated carbocycles. The van der Waals surface area contributed by atoms with Crippen molar-refractivity contribution < 1.29 is 14.3 Å². The number of carbonyl (C=O) groups is 1. The molecule has 1 rings (SSSR count). The molecule has 0 radical (unpaired) electrons. The van der Waals surface area contributed by atoms with Crippen LogP contribution in [0.4, 0.5) is 0 Å². The van der Waals surface area contributed by atoms with E-state index in [4.69, 9.17) is 9.47 Å². The zero-order valence-corrected chi connectivity index (χ0v) is 9.86. The van der Waals surface area contributed by atoms with Crippen molar-refractivity contribution in [3.8, 4) is 0 Å². The Morgan fingerprint density at radius 1 is 1.47 bits per heavy atom. The normalized spacial score (nSPS) is 25.9. The maximum Gasteiger partial charge on any atom is 0.222 e. The molecule has 0 bridgehead atoms. The van der Waals surface area contributed by atoms with Crippen LogP contribution in [0, 0.1) is 0 Å². The van der Waals surface area contributed by atoms with Gasteiger partial charge in [-0.2, -0.15) is 0 Å². The van der Waals surface area contributed by atoms with Gasteiger partial charge in [-0.25, -0.2) is 0 Å². The first-order valence-electron chi connectivity index (χ1n) is 5.54. The summed E-state index contributed by atoms with van der Waals surface area (Å²) in [6.45, 7) is 3.34. The number of amides is 1. The predicted molar refractivity (Wildman–Crippen MR) is 57.7 cm³/mol. The van der Waals surface area contributed by atoms with Crippen molar-refractivity contribution in [3.05, 3.63) is 0 Å². The smallest absolute Gasteiger partial charge is 0.222 e. The van der Waals surface area contributed by atoms with E-state index in [1.807, 2.05) is 11.8 Å². The first-order chi connectivity index (χ1) is 7.22. The molecule has 1 saturated heterocycles. The molecule has 15 heavy (non-hydrogen) atoms. The van der Waals surface area contributed by atoms with Gasteiger partial charge in [-0.05, 0) is 12.8 Å². The molecule has 1 aliphatic heterocycles. The lowest BCUT2D eigenvalue weighted by atomic mass is 10.2. The molecule has 0 aliphatic carbocycles. The fourth-order valence-corrected chi connectivity index (χ4v) is 2.06. The Balaban J connectivity index is 2.55. The summed E-state index contributed by atoms with van der Waals surface area (Å²) in [6, 6.07) is 0.194. The Kier molecular flexibility index (Phi) is 5.05. The van der Waals surface area contributed by atoms with Crippen LogP contribution in [-0.4, -0.2) is 50.3 Å². The Labute approximate surface area is 91.5 Å². The first kappa shape index (κ1) is 12.5. The summed E-state index contributed by atoms with van der Waals surface area (Å²) in [5.74, 6) is 0.221. The highest BCUT2D eigenvalue weighted by Gasteiger charge is 2.34. The monoisotopic (exact) mass is 215 g/mol. The van der Waals surface area contributed by atoms with E-state index in [2.05, 4.69) is 0 Å². The van der Waals surface area contributed by atoms with Crippen LogP contribution in [0.25, 0.3) is 0 Å². The quantitative estimate of drug-likeness (QED) is 0.688. The van der Waals surface area contributed by atoms with Gasteiger partial charge in [-0.15, -0.1) is 0 Å². The third-order valence-corrected chi connectivity index (χ3v) is 2.85. The van der Waals surface area contributed by atoms with Crippen LogP contribution >= 0.6 is 0 Å². The zero-order valence-electron chi connectivity index (χ0n) is 9.86. The maximum atomic E-state index is 11.8. The van der Waals surface area contributed by atoms with Crippen molar-refractivity contribution >= 4 is 5.91 Å². The lowest BCUT2D eigenvalue weighted by molar-refractivity contribution is -0.133. The molecule has 1 aliphatic rings. The van der Waals surface area contributed by atoms with Crippen LogP contribution in [0.2, 0.25) is 0 Å². The average molecular weight is 215 g/mol. The van der Waals surface area contributed by atoms with Gasteiger partial charge in [-0.1, -0.05) is 6.92 Å². The minimum Gasteiger partial charge on any atom is -0.383 e. The van der Waals surface area contributed by atoms with E-state index < -0.39 is 0 Å². The Morgan fingerprint density at radius 2 is 2.20 bits per heavy atom. The summed E-state index contributed by atoms with van der Waals surface area (Å²) in [5, 5.41) is 0. The summed E-state index contributed by atoms with van der Waals surface area (Å²) in [5.41, 5.74) is 0. The standard InChI is InChI=1S/C11H21NO3/c1-4-5-11(13)12-7-10(15-3)6-9(12)8-14-2/h9-10H,4-8H2,1-3H3. The second kappa shape index (κ2) is 6.08. The van der Waals surface area contributed by atoms with Gasteiger partial charge in [0.1, 0.15) is 0 Å². The van der Waals surface area contributed by atoms with Crippen molar-refractivity contribution in [2.45, 2.75) is 38.3 Å². The van der Waals surface area contributed by atoms with Crippen molar-refractivity contribution in [3.63, 3.8) is 0 Å². The van der Waals surface area contributed by atoms with Gasteiger partial charge >= 0.3 is 0 Å². The van der Waals surface area contributed by atoms with Crippen LogP contribution < -0.4 is 0 Å². The molecule has 1 amide bonds. The van der Waals surface area contributed by atoms with Crippen LogP contribution in [-0.2, 0) is 14.3 Å². The number of carbonyl (C=O) groups excluding carboxylic acids is 1. The second-order valence-corrected chi connectivity index (χ2v) is 4.00. The fraction of sp³-hybridized carbons (Fsp3) is 0.909. The van der Waals surface area contributed by atoms with E-state index >= 15 is 0 Å². The average Bonchev–Trinajstić information content (AvgIpc) is 2.62. The molecule has 4 heteroatoms. The molecule has 2 atom stereocenters. The highest BCUT2D eigenvalue weighted by molar-refractivity contribution is 5.76. The van der Waals surface area contributed by atoms with Crippen LogP contribution in [0.1, 0.15) is 26.2 Å². The van der Waals surface area contributed by atoms with Gasteiger partial charge in [-0.3, -0.25) is 4.79 Å². The number of likely N-dealkylation sites (tertiary alicyclic amines) is 1. The lowest BCUT2D eigenvalue weighted by Gasteiger charge is -2.23. The van der Waals surface area contributed by atoms with E-state index in [1.165, 1.54) is 0 Å². The van der Waals surface area contributed by atoms with Crippen molar-refractivity contribution in [2.75, 3.05) is 27.4 Å². The topological polar surface area (TPSA) is 38.8 Å². The molecule has 2 unspecified atom stereocenters. The number of hydrogen-bond acceptors (Lipinski definition) is 3. The molecule has 0 aromatic carbocycles. The zero-order chi connectivity index (χ0) is 11.3. The number of rotatable bonds is 5. The molecular weight excluding hydrogens is 194 g/mol. The van der Waals surface area contributed by atoms with E-state index in [1.54, 1.807) is 14.2 Å². The summed E-state index contributed by atoms with van der Waals surface area (Å²) >= 11 is 0. The van der Waals surface area contributed by atoms with Crippen molar-refractivity contribution in [1.82, 2.24) is 4.90 Å². The highest BCUT2D eigenvalue weighted by Crippen LogP contribution is 2.21. The molecular formula is C11H21NO3. The second-order valence-electron chi connectivity index (χ2n) is 4.00. The molecule has 0 aromatic rings. The first-order valence-corrected chi connectivity index (χ1v) is 5.54. The summed E-state index contributed by atoms with van der Waals surface area (Å²) in [7, 11) is 3.37. The Hall–Kier alpha value is -0.610. The van der Waals surface area contributed by atoms with Crippen LogP contribution in [0.15, 0.2) is 0 Å². The van der Waals surface area contributed by atoms with Gasteiger partial charge in [0.25, 0.3) is 0 Å². The highest BCUT2D eigenvalue weighted by atomic mass is 16.5. The molecule has 1 fully saturated rings. The van der Waals surface area contributed by atoms with Gasteiger partial charge < -0.3 is 14.4 Å². The molecule has 0 spiro atoms. The minimum atomic E-state index is 0.172. The molecule has 0 aromatic heterocycles. The fourth-order valence-electron chi connectivity index (χ4n) is 2.06. The minimum absolute atomic E-state index is 0.172. The largest absolute Gasteiger partial charge is 0.383 e. The summed E-state index contributed by atoms with van der Waals surface area (Å²) in [6.07, 6.45) is 2.58. The number of methoxy groups -OCH3 is 2. The summed E-state index contributed by atoms with van der Waals surface area (Å²) in [4.78, 5) is 13.7. The van der Waals surface area contributed by atoms with Crippen molar-refractivity contribution in [1.29, 1.82) is 0 Å². The van der Waals surface area contributed by atoms with Crippen LogP contribution in [0.5, 0.6) is 0 Å². The number of hydrogen-bond donors (Lipinski definition) is 0. The van der Waals surface area contributed by atoms with E-state index in [9.17, 15) is 4.79 Å². The van der Waals surface area contributed by atoms with E-state index in [0.717, 1.165) is 12.8 Å². The van der Waals surface area contributed by atoms with Gasteiger partial charge in [0.15, 0.2) is 0 Å². The van der Waals surface area contributed by atoms with E-state index in [-0.39, 0.29) is 18.1 Å². The predicted octanol–water partition coefficient (Wildman–Crippen LogP) is 1.05. The summed E-state index contributed by atoms with van der Waals surface area (Å²) < 4.78 is 10.4. The lowest BCUT2D eigenvalue weighted by Crippen LogP contribution is -2.38. The SMILES string of the molecule is CCCC(=O)N1CC(OC)CC1COC. The molecule has 4 nitrogen and oxygen atoms in total. The molecule has 88 valence electrons. The Bertz CT molecular complexity index is 208. The van der Waals surface area contributed by atoms with Gasteiger partial charge in [0.05, 0.1) is 18.8 Å². The van der Waals surface area contributed by atoms with E-state index in [0.29, 0.717) is 19.6 Å². The van der Waals surface area contributed by atoms with Crippen LogP contribution in [0.3, 0.4) is 0 Å². The number of ether oxygens (including phenoxy) is 2. The van der Waals surface area contributed by atoms with Crippen molar-refractivity contribution in [2.24, 2.45) is 0 Å². The molecule has 1 heterocycles. The van der Waals surface area contributed by atoms with Gasteiger partial charge in [0, 0.05) is 27.2 Å². The maximum absolute atomic E-state index is 11.8. The van der Waals surface area contributed by atoms with Gasteiger partial charge in [0.2, 0.25) is 5.91 Å². The molecule has 0 N–H and O–H groups in total. The number of nitrogens with zero attached hydrogens (tertiary/aromatic N) is 1. The Morgan fingerprint density at radius 3 is 2.73 bits per heavy atom. The third kappa shape index (κ3) is 3.18. The third-order valence-electron chi connectivity index (χ3n) is 2.85.